The minimum atomic E-state index is -0.822. The van der Waals surface area contributed by atoms with Crippen molar-refractivity contribution < 1.29 is 14.7 Å². The minimum Gasteiger partial charge on any atom is -0.481 e. The number of likely N-dealkylation sites (N-methyl/N-ethyl adjacent to an activating group) is 1. The van der Waals surface area contributed by atoms with E-state index in [9.17, 15) is 9.59 Å². The van der Waals surface area contributed by atoms with Gasteiger partial charge in [0.1, 0.15) is 0 Å². The molecule has 0 aromatic carbocycles. The second-order valence-electron chi connectivity index (χ2n) is 4.84. The van der Waals surface area contributed by atoms with E-state index in [1.54, 1.807) is 0 Å². The lowest BCUT2D eigenvalue weighted by molar-refractivity contribution is -0.137. The number of nitrogens with one attached hydrogen (secondary N) is 1. The molecule has 1 saturated heterocycles. The van der Waals surface area contributed by atoms with Crippen molar-refractivity contribution in [3.8, 4) is 0 Å². The first-order valence-corrected chi connectivity index (χ1v) is 7.07. The Labute approximate surface area is 114 Å². The molecule has 1 heterocycles. The van der Waals surface area contributed by atoms with Crippen LogP contribution in [-0.4, -0.2) is 65.7 Å². The monoisotopic (exact) mass is 271 g/mol. The van der Waals surface area contributed by atoms with Gasteiger partial charge >= 0.3 is 12.0 Å². The van der Waals surface area contributed by atoms with Gasteiger partial charge in [0.05, 0.1) is 0 Å². The molecule has 6 nitrogen and oxygen atoms in total. The highest BCUT2D eigenvalue weighted by Gasteiger charge is 2.28. The van der Waals surface area contributed by atoms with Crippen molar-refractivity contribution in [2.24, 2.45) is 0 Å². The maximum Gasteiger partial charge on any atom is 0.317 e. The first-order chi connectivity index (χ1) is 9.08. The molecule has 0 radical (unpaired) electrons. The van der Waals surface area contributed by atoms with E-state index in [0.29, 0.717) is 19.0 Å². The third-order valence-electron chi connectivity index (χ3n) is 3.62. The molecule has 1 fully saturated rings. The zero-order valence-corrected chi connectivity index (χ0v) is 11.9. The second kappa shape index (κ2) is 7.99. The smallest absolute Gasteiger partial charge is 0.317 e. The van der Waals surface area contributed by atoms with Crippen molar-refractivity contribution in [1.29, 1.82) is 0 Å². The molecule has 0 aromatic rings. The number of nitrogens with zero attached hydrogens (tertiary/aromatic N) is 2. The number of likely N-dealkylation sites (tertiary alicyclic amines) is 1. The third kappa shape index (κ3) is 5.06. The van der Waals surface area contributed by atoms with Gasteiger partial charge in [0, 0.05) is 32.1 Å². The van der Waals surface area contributed by atoms with E-state index in [-0.39, 0.29) is 12.5 Å². The summed E-state index contributed by atoms with van der Waals surface area (Å²) in [4.78, 5) is 26.4. The Balaban J connectivity index is 2.26. The van der Waals surface area contributed by atoms with Gasteiger partial charge in [-0.2, -0.15) is 0 Å². The van der Waals surface area contributed by atoms with Gasteiger partial charge in [-0.15, -0.1) is 0 Å². The number of rotatable bonds is 7. The van der Waals surface area contributed by atoms with Crippen LogP contribution in [0.1, 0.15) is 33.1 Å². The minimum absolute atomic E-state index is 0.0694. The Morgan fingerprint density at radius 3 is 2.63 bits per heavy atom. The topological polar surface area (TPSA) is 72.9 Å². The summed E-state index contributed by atoms with van der Waals surface area (Å²) in [5.41, 5.74) is 0. The number of hydrogen-bond acceptors (Lipinski definition) is 3. The van der Waals surface area contributed by atoms with Gasteiger partial charge in [-0.25, -0.2) is 4.79 Å². The van der Waals surface area contributed by atoms with Crippen molar-refractivity contribution in [1.82, 2.24) is 15.1 Å². The fraction of sp³-hybridized carbons (Fsp3) is 0.846. The molecule has 1 aliphatic rings. The number of carboxylic acid groups (broad SMARTS) is 1. The van der Waals surface area contributed by atoms with E-state index in [2.05, 4.69) is 24.1 Å². The summed E-state index contributed by atoms with van der Waals surface area (Å²) in [7, 11) is 0. The van der Waals surface area contributed by atoms with Crippen molar-refractivity contribution in [2.45, 2.75) is 39.2 Å². The quantitative estimate of drug-likeness (QED) is 0.677. The number of carbonyl (C=O) groups excluding carboxylic acids is 1. The van der Waals surface area contributed by atoms with Gasteiger partial charge in [0.2, 0.25) is 0 Å². The molecule has 19 heavy (non-hydrogen) atoms. The van der Waals surface area contributed by atoms with E-state index >= 15 is 0 Å². The predicted octanol–water partition coefficient (Wildman–Crippen LogP) is 0.977. The van der Waals surface area contributed by atoms with Crippen LogP contribution in [-0.2, 0) is 4.79 Å². The molecule has 1 aliphatic heterocycles. The van der Waals surface area contributed by atoms with Gasteiger partial charge < -0.3 is 15.3 Å². The number of carbonyl (C=O) groups is 2. The van der Waals surface area contributed by atoms with Crippen LogP contribution in [0.4, 0.5) is 4.79 Å². The average Bonchev–Trinajstić information content (AvgIpc) is 2.85. The normalized spacial score (nSPS) is 18.9. The number of hydrogen-bond donors (Lipinski definition) is 2. The Morgan fingerprint density at radius 1 is 1.37 bits per heavy atom. The van der Waals surface area contributed by atoms with E-state index in [1.807, 2.05) is 4.90 Å². The van der Waals surface area contributed by atoms with Crippen molar-refractivity contribution in [3.63, 3.8) is 0 Å². The van der Waals surface area contributed by atoms with Gasteiger partial charge in [0.25, 0.3) is 0 Å². The van der Waals surface area contributed by atoms with Crippen LogP contribution in [0.2, 0.25) is 0 Å². The molecule has 0 aliphatic carbocycles. The van der Waals surface area contributed by atoms with Crippen LogP contribution in [0.3, 0.4) is 0 Å². The van der Waals surface area contributed by atoms with Gasteiger partial charge in [-0.1, -0.05) is 13.8 Å². The molecule has 1 rings (SSSR count). The average molecular weight is 271 g/mol. The number of amides is 2. The maximum absolute atomic E-state index is 11.9. The van der Waals surface area contributed by atoms with Crippen LogP contribution in [0.15, 0.2) is 0 Å². The van der Waals surface area contributed by atoms with E-state index in [0.717, 1.165) is 32.6 Å². The van der Waals surface area contributed by atoms with E-state index in [4.69, 9.17) is 5.11 Å². The van der Waals surface area contributed by atoms with Gasteiger partial charge in [0.15, 0.2) is 0 Å². The lowest BCUT2D eigenvalue weighted by Crippen LogP contribution is -2.42. The van der Waals surface area contributed by atoms with Crippen LogP contribution < -0.4 is 5.32 Å². The molecule has 1 unspecified atom stereocenters. The van der Waals surface area contributed by atoms with Crippen LogP contribution >= 0.6 is 0 Å². The molecule has 6 heteroatoms. The third-order valence-corrected chi connectivity index (χ3v) is 3.62. The molecule has 110 valence electrons. The molecule has 2 N–H and O–H groups in total. The Kier molecular flexibility index (Phi) is 6.62. The second-order valence-corrected chi connectivity index (χ2v) is 4.84. The Bertz CT molecular complexity index is 306. The van der Waals surface area contributed by atoms with Gasteiger partial charge in [-0.3, -0.25) is 9.69 Å². The van der Waals surface area contributed by atoms with Crippen molar-refractivity contribution in [2.75, 3.05) is 32.7 Å². The predicted molar refractivity (Wildman–Crippen MR) is 73.2 cm³/mol. The van der Waals surface area contributed by atoms with Crippen LogP contribution in [0.5, 0.6) is 0 Å². The highest BCUT2D eigenvalue weighted by molar-refractivity contribution is 5.74. The number of urea groups is 1. The molecule has 2 amide bonds. The summed E-state index contributed by atoms with van der Waals surface area (Å²) in [5.74, 6) is -0.822. The maximum atomic E-state index is 11.9. The largest absolute Gasteiger partial charge is 0.481 e. The lowest BCUT2D eigenvalue weighted by atomic mass is 10.2. The SMILES string of the molecule is CCN(CC)C1CCN(C(=O)NCCCC(=O)O)C1. The molecule has 0 spiro atoms. The summed E-state index contributed by atoms with van der Waals surface area (Å²) < 4.78 is 0. The first kappa shape index (κ1) is 15.8. The van der Waals surface area contributed by atoms with Crippen molar-refractivity contribution in [3.05, 3.63) is 0 Å². The van der Waals surface area contributed by atoms with Crippen molar-refractivity contribution >= 4 is 12.0 Å². The highest BCUT2D eigenvalue weighted by Crippen LogP contribution is 2.15. The fourth-order valence-corrected chi connectivity index (χ4v) is 2.51. The first-order valence-electron chi connectivity index (χ1n) is 7.07. The molecule has 0 aromatic heterocycles. The standard InChI is InChI=1S/C13H25N3O3/c1-3-15(4-2)11-7-9-16(10-11)13(19)14-8-5-6-12(17)18/h11H,3-10H2,1-2H3,(H,14,19)(H,17,18). The molecule has 0 saturated carbocycles. The van der Waals surface area contributed by atoms with Crippen LogP contribution in [0.25, 0.3) is 0 Å². The molecular weight excluding hydrogens is 246 g/mol. The summed E-state index contributed by atoms with van der Waals surface area (Å²) in [5, 5.41) is 11.3. The van der Waals surface area contributed by atoms with E-state index < -0.39 is 5.97 Å². The molecule has 0 bridgehead atoms. The van der Waals surface area contributed by atoms with E-state index in [1.165, 1.54) is 0 Å². The number of carboxylic acids is 1. The summed E-state index contributed by atoms with van der Waals surface area (Å²) in [6, 6.07) is 0.389. The summed E-state index contributed by atoms with van der Waals surface area (Å²) >= 11 is 0. The lowest BCUT2D eigenvalue weighted by Gasteiger charge is -2.26. The number of aliphatic carboxylic acids is 1. The zero-order chi connectivity index (χ0) is 14.3. The molecular formula is C13H25N3O3. The summed E-state index contributed by atoms with van der Waals surface area (Å²) in [6.45, 7) is 8.27. The highest BCUT2D eigenvalue weighted by atomic mass is 16.4. The Hall–Kier alpha value is -1.30. The van der Waals surface area contributed by atoms with Crippen LogP contribution in [0, 0.1) is 0 Å². The molecule has 1 atom stereocenters. The Morgan fingerprint density at radius 2 is 2.05 bits per heavy atom. The summed E-state index contributed by atoms with van der Waals surface area (Å²) in [6.07, 6.45) is 1.60. The fourth-order valence-electron chi connectivity index (χ4n) is 2.51. The van der Waals surface area contributed by atoms with Gasteiger partial charge in [-0.05, 0) is 25.9 Å². The zero-order valence-electron chi connectivity index (χ0n) is 11.9.